The molecule has 8 heteroatoms. The highest BCUT2D eigenvalue weighted by Crippen LogP contribution is 2.46. The molecule has 0 bridgehead atoms. The fourth-order valence-electron chi connectivity index (χ4n) is 5.56. The van der Waals surface area contributed by atoms with E-state index in [2.05, 4.69) is 4.98 Å². The van der Waals surface area contributed by atoms with E-state index in [9.17, 15) is 9.59 Å². The maximum atomic E-state index is 15.6. The summed E-state index contributed by atoms with van der Waals surface area (Å²) >= 11 is 0. The molecule has 1 saturated heterocycles. The van der Waals surface area contributed by atoms with Gasteiger partial charge in [0.1, 0.15) is 23.0 Å². The van der Waals surface area contributed by atoms with Crippen LogP contribution >= 0.6 is 0 Å². The van der Waals surface area contributed by atoms with E-state index in [0.717, 1.165) is 40.8 Å². The Kier molecular flexibility index (Phi) is 4.51. The van der Waals surface area contributed by atoms with Gasteiger partial charge in [-0.1, -0.05) is 12.1 Å². The highest BCUT2D eigenvalue weighted by molar-refractivity contribution is 6.16. The quantitative estimate of drug-likeness (QED) is 0.554. The largest absolute Gasteiger partial charge is 0.342 e. The first-order chi connectivity index (χ1) is 17.3. The summed E-state index contributed by atoms with van der Waals surface area (Å²) in [7, 11) is 1.97. The van der Waals surface area contributed by atoms with Crippen LogP contribution in [-0.4, -0.2) is 62.2 Å². The van der Waals surface area contributed by atoms with E-state index in [1.54, 1.807) is 11.0 Å². The summed E-state index contributed by atoms with van der Waals surface area (Å²) in [5.74, 6) is 1.60. The minimum Gasteiger partial charge on any atom is -0.342 e. The molecule has 2 aliphatic heterocycles. The molecule has 2 amide bonds. The highest BCUT2D eigenvalue weighted by Gasteiger charge is 2.58. The fraction of sp³-hybridized carbons (Fsp3) is 0.429. The number of hydrogen-bond donors (Lipinski definition) is 0. The first-order valence-electron chi connectivity index (χ1n) is 12.8. The summed E-state index contributed by atoms with van der Waals surface area (Å²) in [6.07, 6.45) is 3.42. The number of rotatable bonds is 5. The number of aromatic nitrogens is 2. The van der Waals surface area contributed by atoms with Crippen molar-refractivity contribution < 1.29 is 14.0 Å². The molecule has 3 aromatic rings. The Balaban J connectivity index is 1.15. The van der Waals surface area contributed by atoms with Gasteiger partial charge in [0, 0.05) is 38.5 Å². The third-order valence-electron chi connectivity index (χ3n) is 8.23. The van der Waals surface area contributed by atoms with Gasteiger partial charge < -0.3 is 9.47 Å². The highest BCUT2D eigenvalue weighted by atomic mass is 19.1. The van der Waals surface area contributed by atoms with E-state index in [-0.39, 0.29) is 29.5 Å². The van der Waals surface area contributed by atoms with E-state index in [1.807, 2.05) is 47.7 Å². The van der Waals surface area contributed by atoms with Crippen molar-refractivity contribution in [2.45, 2.75) is 38.1 Å². The van der Waals surface area contributed by atoms with Gasteiger partial charge in [-0.2, -0.15) is 0 Å². The van der Waals surface area contributed by atoms with E-state index in [4.69, 9.17) is 4.99 Å². The number of carbonyl (C=O) groups excluding carboxylic acids is 2. The third-order valence-corrected chi connectivity index (χ3v) is 8.23. The first-order valence-corrected chi connectivity index (χ1v) is 12.8. The van der Waals surface area contributed by atoms with Gasteiger partial charge in [0.25, 0.3) is 5.91 Å². The van der Waals surface area contributed by atoms with Crippen LogP contribution in [0, 0.1) is 24.6 Å². The number of fused-ring (bicyclic) bond motifs is 1. The fourth-order valence-corrected chi connectivity index (χ4v) is 5.56. The van der Waals surface area contributed by atoms with Crippen LogP contribution in [0.1, 0.15) is 37.1 Å². The molecular formula is C28H28FN5O2. The molecule has 4 aliphatic rings. The Morgan fingerprint density at radius 3 is 2.53 bits per heavy atom. The van der Waals surface area contributed by atoms with Crippen molar-refractivity contribution in [3.05, 3.63) is 53.6 Å². The average Bonchev–Trinajstić information content (AvgIpc) is 3.76. The zero-order valence-corrected chi connectivity index (χ0v) is 20.5. The van der Waals surface area contributed by atoms with E-state index in [0.29, 0.717) is 43.9 Å². The van der Waals surface area contributed by atoms with Gasteiger partial charge in [-0.3, -0.25) is 19.5 Å². The van der Waals surface area contributed by atoms with Crippen molar-refractivity contribution in [2.24, 2.45) is 23.9 Å². The summed E-state index contributed by atoms with van der Waals surface area (Å²) in [4.78, 5) is 38.4. The molecule has 1 spiro atoms. The van der Waals surface area contributed by atoms with Gasteiger partial charge in [0.15, 0.2) is 0 Å². The molecular weight excluding hydrogens is 457 g/mol. The summed E-state index contributed by atoms with van der Waals surface area (Å²) in [5.41, 5.74) is 3.24. The smallest absolute Gasteiger partial charge is 0.256 e. The second-order valence-electron chi connectivity index (χ2n) is 10.9. The number of likely N-dealkylation sites (tertiary alicyclic amines) is 1. The van der Waals surface area contributed by atoms with Gasteiger partial charge in [0.05, 0.1) is 16.6 Å². The van der Waals surface area contributed by atoms with Crippen molar-refractivity contribution in [2.75, 3.05) is 19.6 Å². The molecule has 0 atom stereocenters. The second kappa shape index (κ2) is 7.48. The molecule has 36 heavy (non-hydrogen) atoms. The molecule has 2 aromatic carbocycles. The normalized spacial score (nSPS) is 20.9. The predicted molar refractivity (Wildman–Crippen MR) is 134 cm³/mol. The Morgan fingerprint density at radius 1 is 1.11 bits per heavy atom. The summed E-state index contributed by atoms with van der Waals surface area (Å²) < 4.78 is 17.6. The van der Waals surface area contributed by atoms with Gasteiger partial charge in [-0.15, -0.1) is 0 Å². The van der Waals surface area contributed by atoms with Crippen LogP contribution in [0.4, 0.5) is 4.39 Å². The third kappa shape index (κ3) is 3.30. The number of hydrogen-bond acceptors (Lipinski definition) is 4. The Labute approximate surface area is 208 Å². The molecule has 184 valence electrons. The maximum Gasteiger partial charge on any atom is 0.256 e. The standard InChI is InChI=1S/C28H28FN5O2/c1-16-30-23-8-6-20(12-24(23)32(16)2)19-5-7-21(22(29)11-19)25-31-28(9-10-28)27(36)34(25)15-17-13-33(14-17)26(35)18-3-4-18/h5-8,11-12,17-18H,3-4,9-10,13-15H2,1-2H3. The molecule has 0 unspecified atom stereocenters. The van der Waals surface area contributed by atoms with Crippen LogP contribution in [0.3, 0.4) is 0 Å². The minimum atomic E-state index is -0.698. The van der Waals surface area contributed by atoms with Gasteiger partial charge >= 0.3 is 0 Å². The summed E-state index contributed by atoms with van der Waals surface area (Å²) in [5, 5.41) is 0. The molecule has 2 saturated carbocycles. The SMILES string of the molecule is Cc1nc2ccc(-c3ccc(C4=NC5(CC5)C(=O)N4CC4CN(C(=O)C5CC5)C4)c(F)c3)cc2n1C. The zero-order valence-electron chi connectivity index (χ0n) is 20.5. The molecule has 0 radical (unpaired) electrons. The predicted octanol–water partition coefficient (Wildman–Crippen LogP) is 3.68. The van der Waals surface area contributed by atoms with Crippen LogP contribution in [0.5, 0.6) is 0 Å². The molecule has 2 aliphatic carbocycles. The van der Waals surface area contributed by atoms with Gasteiger partial charge in [-0.25, -0.2) is 9.37 Å². The van der Waals surface area contributed by atoms with Crippen LogP contribution < -0.4 is 0 Å². The van der Waals surface area contributed by atoms with Crippen molar-refractivity contribution >= 4 is 28.7 Å². The molecule has 3 heterocycles. The van der Waals surface area contributed by atoms with Crippen LogP contribution in [0.15, 0.2) is 41.4 Å². The number of aryl methyl sites for hydroxylation is 2. The van der Waals surface area contributed by atoms with Gasteiger partial charge in [0.2, 0.25) is 5.91 Å². The average molecular weight is 486 g/mol. The lowest BCUT2D eigenvalue weighted by Gasteiger charge is -2.41. The topological polar surface area (TPSA) is 70.8 Å². The van der Waals surface area contributed by atoms with Crippen LogP contribution in [0.2, 0.25) is 0 Å². The molecule has 1 aromatic heterocycles. The van der Waals surface area contributed by atoms with Gasteiger partial charge in [-0.05, 0) is 68.0 Å². The van der Waals surface area contributed by atoms with E-state index < -0.39 is 5.54 Å². The van der Waals surface area contributed by atoms with Crippen molar-refractivity contribution in [3.8, 4) is 11.1 Å². The Bertz CT molecular complexity index is 1480. The molecule has 3 fully saturated rings. The first kappa shape index (κ1) is 21.7. The summed E-state index contributed by atoms with van der Waals surface area (Å²) in [6, 6.07) is 11.1. The number of imidazole rings is 1. The van der Waals surface area contributed by atoms with Crippen LogP contribution in [-0.2, 0) is 16.6 Å². The second-order valence-corrected chi connectivity index (χ2v) is 10.9. The van der Waals surface area contributed by atoms with E-state index in [1.165, 1.54) is 6.07 Å². The lowest BCUT2D eigenvalue weighted by Crippen LogP contribution is -2.55. The van der Waals surface area contributed by atoms with Crippen molar-refractivity contribution in [1.29, 1.82) is 0 Å². The molecule has 7 nitrogen and oxygen atoms in total. The van der Waals surface area contributed by atoms with Crippen molar-refractivity contribution in [3.63, 3.8) is 0 Å². The monoisotopic (exact) mass is 485 g/mol. The van der Waals surface area contributed by atoms with Crippen molar-refractivity contribution in [1.82, 2.24) is 19.4 Å². The zero-order chi connectivity index (χ0) is 24.8. The minimum absolute atomic E-state index is 0.0232. The van der Waals surface area contributed by atoms with Crippen LogP contribution in [0.25, 0.3) is 22.2 Å². The molecule has 7 rings (SSSR count). The Morgan fingerprint density at radius 2 is 1.83 bits per heavy atom. The number of amides is 2. The molecule has 0 N–H and O–H groups in total. The lowest BCUT2D eigenvalue weighted by atomic mass is 9.97. The number of aliphatic imine (C=N–C) groups is 1. The Hall–Kier alpha value is -3.55. The van der Waals surface area contributed by atoms with E-state index >= 15 is 4.39 Å². The maximum absolute atomic E-state index is 15.6. The number of nitrogens with zero attached hydrogens (tertiary/aromatic N) is 5. The number of benzene rings is 2. The summed E-state index contributed by atoms with van der Waals surface area (Å²) in [6.45, 7) is 3.77. The number of amidine groups is 1. The number of halogens is 1. The number of carbonyl (C=O) groups is 2. The lowest BCUT2D eigenvalue weighted by molar-refractivity contribution is -0.139.